The van der Waals surface area contributed by atoms with Crippen LogP contribution in [-0.4, -0.2) is 24.5 Å². The number of amides is 1. The number of rotatable bonds is 10. The summed E-state index contributed by atoms with van der Waals surface area (Å²) in [7, 11) is 0. The summed E-state index contributed by atoms with van der Waals surface area (Å²) in [6.45, 7) is 5.58. The minimum atomic E-state index is -4.92. The molecule has 0 spiro atoms. The molecule has 158 valence electrons. The van der Waals surface area contributed by atoms with Gasteiger partial charge in [-0.1, -0.05) is 52.5 Å². The Balaban J connectivity index is 2.76. The van der Waals surface area contributed by atoms with E-state index in [2.05, 4.69) is 12.2 Å². The average molecular weight is 405 g/mol. The highest BCUT2D eigenvalue weighted by Gasteiger charge is 2.36. The molecule has 1 atom stereocenters. The number of carbonyl (C=O) groups excluding carboxylic acids is 2. The van der Waals surface area contributed by atoms with Crippen molar-refractivity contribution < 1.29 is 31.9 Å². The number of alkyl halides is 3. The topological polar surface area (TPSA) is 55.4 Å². The molecule has 0 fully saturated rings. The van der Waals surface area contributed by atoms with E-state index in [-0.39, 0.29) is 12.5 Å². The fraction of sp³-hybridized carbons (Fsp3) is 0.600. The van der Waals surface area contributed by atoms with Crippen molar-refractivity contribution in [2.45, 2.75) is 65.1 Å². The molecule has 0 saturated heterocycles. The summed E-state index contributed by atoms with van der Waals surface area (Å²) in [6, 6.07) is 1.35. The van der Waals surface area contributed by atoms with Crippen LogP contribution in [0.4, 0.5) is 17.6 Å². The Morgan fingerprint density at radius 2 is 1.75 bits per heavy atom. The largest absolute Gasteiger partial charge is 0.464 e. The number of benzene rings is 1. The van der Waals surface area contributed by atoms with Gasteiger partial charge in [-0.25, -0.2) is 9.18 Å². The molecule has 0 aliphatic rings. The van der Waals surface area contributed by atoms with Crippen molar-refractivity contribution in [1.29, 1.82) is 0 Å². The number of hydrogen-bond acceptors (Lipinski definition) is 3. The molecule has 0 bridgehead atoms. The van der Waals surface area contributed by atoms with Gasteiger partial charge in [0.05, 0.1) is 17.7 Å². The van der Waals surface area contributed by atoms with Crippen molar-refractivity contribution in [2.75, 3.05) is 6.61 Å². The molecule has 0 saturated carbocycles. The smallest absolute Gasteiger partial charge is 0.419 e. The maximum atomic E-state index is 14.1. The summed E-state index contributed by atoms with van der Waals surface area (Å²) in [6.07, 6.45) is -0.0989. The van der Waals surface area contributed by atoms with Gasteiger partial charge in [0.2, 0.25) is 0 Å². The van der Waals surface area contributed by atoms with Crippen LogP contribution in [-0.2, 0) is 15.7 Å². The van der Waals surface area contributed by atoms with Gasteiger partial charge >= 0.3 is 12.1 Å². The lowest BCUT2D eigenvalue weighted by atomic mass is 10.0. The summed E-state index contributed by atoms with van der Waals surface area (Å²) in [5, 5.41) is 2.29. The normalized spacial score (nSPS) is 12.7. The van der Waals surface area contributed by atoms with Gasteiger partial charge in [-0.05, 0) is 24.5 Å². The Labute approximate surface area is 162 Å². The fourth-order valence-electron chi connectivity index (χ4n) is 2.61. The Bertz CT molecular complexity index is 659. The minimum absolute atomic E-state index is 0.194. The molecular weight excluding hydrogens is 378 g/mol. The molecule has 0 aliphatic heterocycles. The fourth-order valence-corrected chi connectivity index (χ4v) is 2.61. The van der Waals surface area contributed by atoms with Crippen molar-refractivity contribution in [3.05, 3.63) is 35.1 Å². The predicted octanol–water partition coefficient (Wildman–Crippen LogP) is 5.11. The lowest BCUT2D eigenvalue weighted by Crippen LogP contribution is -2.45. The van der Waals surface area contributed by atoms with Crippen LogP contribution >= 0.6 is 0 Å². The monoisotopic (exact) mass is 405 g/mol. The Morgan fingerprint density at radius 1 is 1.11 bits per heavy atom. The molecule has 0 radical (unpaired) electrons. The zero-order valence-electron chi connectivity index (χ0n) is 16.4. The van der Waals surface area contributed by atoms with Gasteiger partial charge in [-0.2, -0.15) is 13.2 Å². The summed E-state index contributed by atoms with van der Waals surface area (Å²) in [5.74, 6) is -3.84. The van der Waals surface area contributed by atoms with E-state index in [0.29, 0.717) is 12.5 Å². The van der Waals surface area contributed by atoms with Crippen LogP contribution in [0, 0.1) is 11.7 Å². The van der Waals surface area contributed by atoms with Crippen LogP contribution in [0.25, 0.3) is 0 Å². The second-order valence-electron chi connectivity index (χ2n) is 6.94. The standard InChI is InChI=1S/C20H27F4NO3/c1-4-5-6-7-8-12-28-19(27)17(13(2)3)25-18(26)14-10-9-11-15(16(14)21)20(22,23)24/h9-11,13,17H,4-8,12H2,1-3H3,(H,25,26). The number of unbranched alkanes of at least 4 members (excludes halogenated alkanes) is 4. The average Bonchev–Trinajstić information content (AvgIpc) is 2.61. The number of carbonyl (C=O) groups is 2. The predicted molar refractivity (Wildman–Crippen MR) is 97.2 cm³/mol. The quantitative estimate of drug-likeness (QED) is 0.334. The van der Waals surface area contributed by atoms with Gasteiger partial charge in [0, 0.05) is 0 Å². The zero-order valence-corrected chi connectivity index (χ0v) is 16.4. The van der Waals surface area contributed by atoms with Crippen molar-refractivity contribution in [3.63, 3.8) is 0 Å². The molecule has 0 aliphatic carbocycles. The molecule has 1 N–H and O–H groups in total. The summed E-state index contributed by atoms with van der Waals surface area (Å²) >= 11 is 0. The number of hydrogen-bond donors (Lipinski definition) is 1. The van der Waals surface area contributed by atoms with Crippen LogP contribution < -0.4 is 5.32 Å². The van der Waals surface area contributed by atoms with Gasteiger partial charge in [0.1, 0.15) is 11.9 Å². The molecule has 1 aromatic rings. The first-order valence-corrected chi connectivity index (χ1v) is 9.42. The second-order valence-corrected chi connectivity index (χ2v) is 6.94. The minimum Gasteiger partial charge on any atom is -0.464 e. The van der Waals surface area contributed by atoms with E-state index >= 15 is 0 Å². The highest BCUT2D eigenvalue weighted by Crippen LogP contribution is 2.32. The van der Waals surface area contributed by atoms with Gasteiger partial charge in [-0.15, -0.1) is 0 Å². The first-order chi connectivity index (χ1) is 13.1. The maximum Gasteiger partial charge on any atom is 0.419 e. The summed E-state index contributed by atoms with van der Waals surface area (Å²) < 4.78 is 57.7. The van der Waals surface area contributed by atoms with E-state index in [1.807, 2.05) is 0 Å². The lowest BCUT2D eigenvalue weighted by molar-refractivity contribution is -0.147. The molecule has 1 amide bonds. The van der Waals surface area contributed by atoms with E-state index < -0.39 is 41.0 Å². The van der Waals surface area contributed by atoms with Crippen LogP contribution in [0.3, 0.4) is 0 Å². The molecule has 0 aromatic heterocycles. The third-order valence-electron chi connectivity index (χ3n) is 4.25. The number of nitrogens with one attached hydrogen (secondary N) is 1. The third kappa shape index (κ3) is 7.13. The van der Waals surface area contributed by atoms with E-state index in [4.69, 9.17) is 4.74 Å². The van der Waals surface area contributed by atoms with E-state index in [1.54, 1.807) is 13.8 Å². The SMILES string of the molecule is CCCCCCCOC(=O)C(NC(=O)c1cccc(C(F)(F)F)c1F)C(C)C. The number of esters is 1. The van der Waals surface area contributed by atoms with E-state index in [0.717, 1.165) is 37.8 Å². The lowest BCUT2D eigenvalue weighted by Gasteiger charge is -2.21. The van der Waals surface area contributed by atoms with Crippen LogP contribution in [0.2, 0.25) is 0 Å². The van der Waals surface area contributed by atoms with E-state index in [9.17, 15) is 27.2 Å². The molecule has 1 rings (SSSR count). The first kappa shape index (κ1) is 23.9. The second kappa shape index (κ2) is 11.0. The molecular formula is C20H27F4NO3. The third-order valence-corrected chi connectivity index (χ3v) is 4.25. The Morgan fingerprint density at radius 3 is 2.32 bits per heavy atom. The highest BCUT2D eigenvalue weighted by atomic mass is 19.4. The number of ether oxygens (including phenoxy) is 1. The molecule has 0 heterocycles. The van der Waals surface area contributed by atoms with Crippen LogP contribution in [0.5, 0.6) is 0 Å². The van der Waals surface area contributed by atoms with Gasteiger partial charge in [0.15, 0.2) is 0 Å². The van der Waals surface area contributed by atoms with Crippen molar-refractivity contribution >= 4 is 11.9 Å². The van der Waals surface area contributed by atoms with Crippen LogP contribution in [0.15, 0.2) is 18.2 Å². The molecule has 4 nitrogen and oxygen atoms in total. The molecule has 1 unspecified atom stereocenters. The Hall–Kier alpha value is -2.12. The highest BCUT2D eigenvalue weighted by molar-refractivity contribution is 5.97. The van der Waals surface area contributed by atoms with Gasteiger partial charge < -0.3 is 10.1 Å². The summed E-state index contributed by atoms with van der Waals surface area (Å²) in [5.41, 5.74) is -2.30. The van der Waals surface area contributed by atoms with Crippen molar-refractivity contribution in [2.24, 2.45) is 5.92 Å². The summed E-state index contributed by atoms with van der Waals surface area (Å²) in [4.78, 5) is 24.5. The van der Waals surface area contributed by atoms with Gasteiger partial charge in [0.25, 0.3) is 5.91 Å². The van der Waals surface area contributed by atoms with Gasteiger partial charge in [-0.3, -0.25) is 4.79 Å². The van der Waals surface area contributed by atoms with Crippen molar-refractivity contribution in [1.82, 2.24) is 5.32 Å². The maximum absolute atomic E-state index is 14.1. The molecule has 8 heteroatoms. The number of halogens is 4. The van der Waals surface area contributed by atoms with Crippen molar-refractivity contribution in [3.8, 4) is 0 Å². The van der Waals surface area contributed by atoms with Crippen LogP contribution in [0.1, 0.15) is 68.8 Å². The zero-order chi connectivity index (χ0) is 21.3. The molecule has 1 aromatic carbocycles. The molecule has 28 heavy (non-hydrogen) atoms. The Kier molecular flexibility index (Phi) is 9.41. The first-order valence-electron chi connectivity index (χ1n) is 9.42. The van der Waals surface area contributed by atoms with E-state index in [1.165, 1.54) is 0 Å².